The summed E-state index contributed by atoms with van der Waals surface area (Å²) in [7, 11) is 0. The molecule has 1 aliphatic rings. The number of hydrogen-bond donors (Lipinski definition) is 1. The fraction of sp³-hybridized carbons (Fsp3) is 0.421. The van der Waals surface area contributed by atoms with Crippen molar-refractivity contribution in [2.75, 3.05) is 18.5 Å². The molecule has 0 bridgehead atoms. The van der Waals surface area contributed by atoms with Crippen LogP contribution >= 0.6 is 0 Å². The van der Waals surface area contributed by atoms with Crippen molar-refractivity contribution in [3.63, 3.8) is 0 Å². The second kappa shape index (κ2) is 7.29. The minimum absolute atomic E-state index is 0.109. The standard InChI is InChI=1S/C19H23NO5/c1-13(2)25-15-8-6-14(7-9-15)20-18(21)19(3)11-23-17(24-12-19)16-5-4-10-22-16/h4-10,13,17H,11-12H2,1-3H3,(H,20,21). The molecule has 0 spiro atoms. The molecule has 1 aliphatic heterocycles. The minimum atomic E-state index is -0.768. The van der Waals surface area contributed by atoms with Gasteiger partial charge in [0.15, 0.2) is 5.76 Å². The van der Waals surface area contributed by atoms with Crippen molar-refractivity contribution in [1.29, 1.82) is 0 Å². The van der Waals surface area contributed by atoms with Crippen LogP contribution in [0.5, 0.6) is 5.75 Å². The van der Waals surface area contributed by atoms with E-state index in [9.17, 15) is 4.79 Å². The van der Waals surface area contributed by atoms with Gasteiger partial charge in [-0.25, -0.2) is 0 Å². The second-order valence-corrected chi connectivity index (χ2v) is 6.68. The highest BCUT2D eigenvalue weighted by atomic mass is 16.7. The number of amides is 1. The van der Waals surface area contributed by atoms with Crippen LogP contribution < -0.4 is 10.1 Å². The first-order valence-electron chi connectivity index (χ1n) is 8.31. The molecule has 0 atom stereocenters. The van der Waals surface area contributed by atoms with E-state index < -0.39 is 11.7 Å². The number of hydrogen-bond acceptors (Lipinski definition) is 5. The molecule has 0 saturated carbocycles. The zero-order chi connectivity index (χ0) is 17.9. The van der Waals surface area contributed by atoms with Crippen LogP contribution in [0.25, 0.3) is 0 Å². The summed E-state index contributed by atoms with van der Waals surface area (Å²) in [5.41, 5.74) is -0.0635. The van der Waals surface area contributed by atoms with E-state index in [1.807, 2.05) is 45.0 Å². The number of benzene rings is 1. The molecule has 0 aliphatic carbocycles. The molecule has 134 valence electrons. The van der Waals surface area contributed by atoms with Gasteiger partial charge in [0.1, 0.15) is 5.75 Å². The summed E-state index contributed by atoms with van der Waals surface area (Å²) in [6, 6.07) is 10.9. The summed E-state index contributed by atoms with van der Waals surface area (Å²) in [6.45, 7) is 6.25. The summed E-state index contributed by atoms with van der Waals surface area (Å²) in [4.78, 5) is 12.6. The lowest BCUT2D eigenvalue weighted by Gasteiger charge is -2.35. The van der Waals surface area contributed by atoms with Gasteiger partial charge in [-0.05, 0) is 57.2 Å². The maximum absolute atomic E-state index is 12.6. The summed E-state index contributed by atoms with van der Waals surface area (Å²) in [5, 5.41) is 2.90. The van der Waals surface area contributed by atoms with Crippen molar-refractivity contribution < 1.29 is 23.4 Å². The van der Waals surface area contributed by atoms with E-state index in [0.29, 0.717) is 11.4 Å². The van der Waals surface area contributed by atoms with Crippen LogP contribution in [0.4, 0.5) is 5.69 Å². The summed E-state index contributed by atoms with van der Waals surface area (Å²) in [5.74, 6) is 1.22. The molecular formula is C19H23NO5. The van der Waals surface area contributed by atoms with E-state index >= 15 is 0 Å². The molecule has 1 fully saturated rings. The van der Waals surface area contributed by atoms with E-state index in [1.54, 1.807) is 18.4 Å². The molecule has 0 unspecified atom stereocenters. The Morgan fingerprint density at radius 3 is 2.44 bits per heavy atom. The second-order valence-electron chi connectivity index (χ2n) is 6.68. The molecule has 1 amide bonds. The molecule has 1 saturated heterocycles. The predicted molar refractivity (Wildman–Crippen MR) is 92.3 cm³/mol. The fourth-order valence-electron chi connectivity index (χ4n) is 2.50. The average molecular weight is 345 g/mol. The normalized spacial score (nSPS) is 23.4. The molecule has 25 heavy (non-hydrogen) atoms. The molecule has 3 rings (SSSR count). The molecule has 2 heterocycles. The van der Waals surface area contributed by atoms with Gasteiger partial charge in [0.25, 0.3) is 0 Å². The Bertz CT molecular complexity index is 685. The maximum Gasteiger partial charge on any atom is 0.234 e. The summed E-state index contributed by atoms with van der Waals surface area (Å²) >= 11 is 0. The van der Waals surface area contributed by atoms with Gasteiger partial charge in [-0.2, -0.15) is 0 Å². The molecule has 6 heteroatoms. The van der Waals surface area contributed by atoms with Crippen LogP contribution in [-0.2, 0) is 14.3 Å². The van der Waals surface area contributed by atoms with E-state index in [2.05, 4.69) is 5.32 Å². The third kappa shape index (κ3) is 4.21. The predicted octanol–water partition coefficient (Wildman–Crippen LogP) is 3.76. The van der Waals surface area contributed by atoms with Crippen LogP contribution in [0.3, 0.4) is 0 Å². The Morgan fingerprint density at radius 1 is 1.20 bits per heavy atom. The topological polar surface area (TPSA) is 69.9 Å². The first-order chi connectivity index (χ1) is 12.0. The molecule has 1 aromatic carbocycles. The highest BCUT2D eigenvalue weighted by molar-refractivity contribution is 5.95. The lowest BCUT2D eigenvalue weighted by Crippen LogP contribution is -2.45. The number of rotatable bonds is 5. The van der Waals surface area contributed by atoms with Crippen molar-refractivity contribution in [2.24, 2.45) is 5.41 Å². The Kier molecular flexibility index (Phi) is 5.11. The highest BCUT2D eigenvalue weighted by Crippen LogP contribution is 2.32. The molecule has 1 N–H and O–H groups in total. The molecule has 2 aromatic rings. The first kappa shape index (κ1) is 17.5. The zero-order valence-corrected chi connectivity index (χ0v) is 14.7. The van der Waals surface area contributed by atoms with E-state index in [0.717, 1.165) is 5.75 Å². The fourth-order valence-corrected chi connectivity index (χ4v) is 2.50. The Labute approximate surface area is 147 Å². The summed E-state index contributed by atoms with van der Waals surface area (Å²) < 4.78 is 22.2. The lowest BCUT2D eigenvalue weighted by atomic mass is 9.90. The van der Waals surface area contributed by atoms with E-state index in [-0.39, 0.29) is 25.2 Å². The van der Waals surface area contributed by atoms with E-state index in [4.69, 9.17) is 18.6 Å². The lowest BCUT2D eigenvalue weighted by molar-refractivity contribution is -0.232. The van der Waals surface area contributed by atoms with Crippen LogP contribution in [0.2, 0.25) is 0 Å². The first-order valence-corrected chi connectivity index (χ1v) is 8.31. The Hall–Kier alpha value is -2.31. The average Bonchev–Trinajstić information content (AvgIpc) is 3.11. The number of carbonyl (C=O) groups excluding carboxylic acids is 1. The summed E-state index contributed by atoms with van der Waals surface area (Å²) in [6.07, 6.45) is 1.11. The van der Waals surface area contributed by atoms with Crippen LogP contribution in [0.15, 0.2) is 47.1 Å². The smallest absolute Gasteiger partial charge is 0.234 e. The van der Waals surface area contributed by atoms with Gasteiger partial charge >= 0.3 is 0 Å². The molecule has 0 radical (unpaired) electrons. The van der Waals surface area contributed by atoms with Gasteiger partial charge in [-0.3, -0.25) is 4.79 Å². The van der Waals surface area contributed by atoms with Crippen LogP contribution in [-0.4, -0.2) is 25.2 Å². The number of nitrogens with one attached hydrogen (secondary N) is 1. The SMILES string of the molecule is CC(C)Oc1ccc(NC(=O)C2(C)COC(c3ccco3)OC2)cc1. The van der Waals surface area contributed by atoms with Gasteiger partial charge in [0, 0.05) is 5.69 Å². The molecular weight excluding hydrogens is 322 g/mol. The third-order valence-electron chi connectivity index (χ3n) is 3.91. The van der Waals surface area contributed by atoms with Crippen molar-refractivity contribution >= 4 is 11.6 Å². The van der Waals surface area contributed by atoms with Crippen molar-refractivity contribution in [3.05, 3.63) is 48.4 Å². The van der Waals surface area contributed by atoms with Crippen LogP contribution in [0, 0.1) is 5.41 Å². The van der Waals surface area contributed by atoms with Crippen molar-refractivity contribution in [1.82, 2.24) is 0 Å². The third-order valence-corrected chi connectivity index (χ3v) is 3.91. The van der Waals surface area contributed by atoms with Gasteiger partial charge in [-0.15, -0.1) is 0 Å². The number of anilines is 1. The maximum atomic E-state index is 12.6. The minimum Gasteiger partial charge on any atom is -0.491 e. The molecule has 1 aromatic heterocycles. The van der Waals surface area contributed by atoms with Gasteiger partial charge in [0.05, 0.1) is 31.0 Å². The van der Waals surface area contributed by atoms with Gasteiger partial charge in [-0.1, -0.05) is 0 Å². The molecule has 6 nitrogen and oxygen atoms in total. The quantitative estimate of drug-likeness (QED) is 0.893. The zero-order valence-electron chi connectivity index (χ0n) is 14.7. The van der Waals surface area contributed by atoms with Crippen molar-refractivity contribution in [3.8, 4) is 5.75 Å². The van der Waals surface area contributed by atoms with Gasteiger partial charge in [0.2, 0.25) is 12.2 Å². The largest absolute Gasteiger partial charge is 0.491 e. The number of ether oxygens (including phenoxy) is 3. The van der Waals surface area contributed by atoms with Gasteiger partial charge < -0.3 is 23.9 Å². The monoisotopic (exact) mass is 345 g/mol. The Morgan fingerprint density at radius 2 is 1.88 bits per heavy atom. The highest BCUT2D eigenvalue weighted by Gasteiger charge is 2.40. The van der Waals surface area contributed by atoms with Crippen molar-refractivity contribution in [2.45, 2.75) is 33.2 Å². The van der Waals surface area contributed by atoms with E-state index in [1.165, 1.54) is 0 Å². The van der Waals surface area contributed by atoms with Crippen LogP contribution in [0.1, 0.15) is 32.8 Å². The number of carbonyl (C=O) groups is 1. The Balaban J connectivity index is 1.57. The number of furan rings is 1.